The van der Waals surface area contributed by atoms with E-state index in [4.69, 9.17) is 0 Å². The fraction of sp³-hybridized carbons (Fsp3) is 0.933. The van der Waals surface area contributed by atoms with Crippen molar-refractivity contribution in [2.75, 3.05) is 39.3 Å². The third kappa shape index (κ3) is 4.18. The summed E-state index contributed by atoms with van der Waals surface area (Å²) in [5, 5.41) is 3.69. The second-order valence-corrected chi connectivity index (χ2v) is 6.06. The minimum Gasteiger partial charge on any atom is -0.343 e. The molecule has 0 radical (unpaired) electrons. The van der Waals surface area contributed by atoms with E-state index in [1.54, 1.807) is 0 Å². The quantitative estimate of drug-likeness (QED) is 0.737. The number of amides is 1. The Kier molecular flexibility index (Phi) is 5.64. The van der Waals surface area contributed by atoms with Gasteiger partial charge < -0.3 is 15.1 Å². The van der Waals surface area contributed by atoms with Gasteiger partial charge in [0.2, 0.25) is 5.91 Å². The average Bonchev–Trinajstić information content (AvgIpc) is 2.81. The molecule has 1 amide bonds. The molecule has 0 aromatic rings. The topological polar surface area (TPSA) is 35.6 Å². The lowest BCUT2D eigenvalue weighted by Gasteiger charge is -2.37. The van der Waals surface area contributed by atoms with Crippen molar-refractivity contribution in [3.05, 3.63) is 0 Å². The highest BCUT2D eigenvalue weighted by atomic mass is 16.2. The van der Waals surface area contributed by atoms with Gasteiger partial charge in [-0.3, -0.25) is 4.79 Å². The maximum atomic E-state index is 11.5. The summed E-state index contributed by atoms with van der Waals surface area (Å²) in [4.78, 5) is 16.0. The van der Waals surface area contributed by atoms with Crippen LogP contribution in [0.15, 0.2) is 0 Å². The molecule has 0 unspecified atom stereocenters. The van der Waals surface area contributed by atoms with Crippen molar-refractivity contribution in [3.8, 4) is 0 Å². The first-order valence-corrected chi connectivity index (χ1v) is 7.94. The van der Waals surface area contributed by atoms with Crippen LogP contribution in [0.1, 0.15) is 39.5 Å². The molecule has 1 N–H and O–H groups in total. The predicted molar refractivity (Wildman–Crippen MR) is 78.1 cm³/mol. The van der Waals surface area contributed by atoms with Crippen LogP contribution in [0.25, 0.3) is 0 Å². The number of nitrogens with one attached hydrogen (secondary N) is 1. The predicted octanol–water partition coefficient (Wildman–Crippen LogP) is 1.32. The van der Waals surface area contributed by atoms with Crippen molar-refractivity contribution in [1.29, 1.82) is 0 Å². The first kappa shape index (κ1) is 14.8. The number of carbonyl (C=O) groups is 1. The van der Waals surface area contributed by atoms with Gasteiger partial charge in [-0.2, -0.15) is 0 Å². The van der Waals surface area contributed by atoms with Crippen LogP contribution >= 0.6 is 0 Å². The van der Waals surface area contributed by atoms with Gasteiger partial charge in [0.15, 0.2) is 0 Å². The maximum absolute atomic E-state index is 11.5. The average molecular weight is 267 g/mol. The summed E-state index contributed by atoms with van der Waals surface area (Å²) in [6.45, 7) is 11.2. The lowest BCUT2D eigenvalue weighted by atomic mass is 9.94. The summed E-state index contributed by atoms with van der Waals surface area (Å²) in [5.41, 5.74) is 0. The Balaban J connectivity index is 1.59. The molecule has 0 aromatic heterocycles. The Morgan fingerprint density at radius 2 is 2.21 bits per heavy atom. The highest BCUT2D eigenvalue weighted by Gasteiger charge is 2.24. The van der Waals surface area contributed by atoms with Crippen LogP contribution < -0.4 is 5.32 Å². The van der Waals surface area contributed by atoms with Gasteiger partial charge in [-0.05, 0) is 44.8 Å². The van der Waals surface area contributed by atoms with Gasteiger partial charge in [0.1, 0.15) is 0 Å². The van der Waals surface area contributed by atoms with Gasteiger partial charge in [0.05, 0.1) is 0 Å². The Labute approximate surface area is 117 Å². The molecule has 0 aliphatic carbocycles. The van der Waals surface area contributed by atoms with Crippen LogP contribution in [-0.4, -0.2) is 61.0 Å². The summed E-state index contributed by atoms with van der Waals surface area (Å²) in [6, 6.07) is 0.664. The molecule has 2 atom stereocenters. The maximum Gasteiger partial charge on any atom is 0.222 e. The normalized spacial score (nSPS) is 29.2. The van der Waals surface area contributed by atoms with Gasteiger partial charge in [-0.15, -0.1) is 0 Å². The molecule has 4 nitrogen and oxygen atoms in total. The first-order chi connectivity index (χ1) is 9.20. The Morgan fingerprint density at radius 1 is 1.37 bits per heavy atom. The van der Waals surface area contributed by atoms with Crippen molar-refractivity contribution in [2.24, 2.45) is 5.92 Å². The third-order valence-corrected chi connectivity index (χ3v) is 4.62. The molecule has 110 valence electrons. The molecular formula is C15H29N3O. The summed E-state index contributed by atoms with van der Waals surface area (Å²) in [5.74, 6) is 1.09. The zero-order valence-corrected chi connectivity index (χ0v) is 12.5. The van der Waals surface area contributed by atoms with E-state index in [1.807, 2.05) is 4.90 Å². The molecule has 2 aliphatic rings. The van der Waals surface area contributed by atoms with E-state index in [2.05, 4.69) is 24.1 Å². The zero-order chi connectivity index (χ0) is 13.7. The van der Waals surface area contributed by atoms with Crippen molar-refractivity contribution in [2.45, 2.75) is 45.6 Å². The van der Waals surface area contributed by atoms with Gasteiger partial charge in [-0.25, -0.2) is 0 Å². The van der Waals surface area contributed by atoms with Crippen molar-refractivity contribution >= 4 is 5.91 Å². The van der Waals surface area contributed by atoms with Crippen molar-refractivity contribution in [1.82, 2.24) is 15.1 Å². The van der Waals surface area contributed by atoms with E-state index in [1.165, 1.54) is 26.1 Å². The van der Waals surface area contributed by atoms with E-state index in [9.17, 15) is 4.79 Å². The van der Waals surface area contributed by atoms with E-state index in [-0.39, 0.29) is 0 Å². The molecule has 2 fully saturated rings. The lowest BCUT2D eigenvalue weighted by Crippen LogP contribution is -2.48. The standard InChI is InChI=1S/C15H29N3O/c1-3-17-11-7-14(13(2)12-17)16-8-5-10-18-9-4-6-15(18)19/h13-14,16H,3-12H2,1-2H3/t13-,14-/m0/s1. The number of likely N-dealkylation sites (tertiary alicyclic amines) is 2. The number of piperidine rings is 1. The Morgan fingerprint density at radius 3 is 2.84 bits per heavy atom. The van der Waals surface area contributed by atoms with Gasteiger partial charge in [0, 0.05) is 32.1 Å². The van der Waals surface area contributed by atoms with Crippen LogP contribution in [0.2, 0.25) is 0 Å². The molecule has 2 heterocycles. The fourth-order valence-corrected chi connectivity index (χ4v) is 3.32. The molecule has 2 aliphatic heterocycles. The second-order valence-electron chi connectivity index (χ2n) is 6.06. The number of hydrogen-bond donors (Lipinski definition) is 1. The van der Waals surface area contributed by atoms with Gasteiger partial charge in [-0.1, -0.05) is 13.8 Å². The van der Waals surface area contributed by atoms with Crippen LogP contribution in [0.4, 0.5) is 0 Å². The molecule has 0 saturated carbocycles. The van der Waals surface area contributed by atoms with Gasteiger partial charge >= 0.3 is 0 Å². The smallest absolute Gasteiger partial charge is 0.222 e. The van der Waals surface area contributed by atoms with E-state index < -0.39 is 0 Å². The molecule has 0 spiro atoms. The number of carbonyl (C=O) groups excluding carboxylic acids is 1. The minimum atomic E-state index is 0.352. The fourth-order valence-electron chi connectivity index (χ4n) is 3.32. The van der Waals surface area contributed by atoms with E-state index in [0.717, 1.165) is 44.8 Å². The van der Waals surface area contributed by atoms with Crippen LogP contribution in [0.5, 0.6) is 0 Å². The second kappa shape index (κ2) is 7.25. The number of rotatable bonds is 6. The Hall–Kier alpha value is -0.610. The lowest BCUT2D eigenvalue weighted by molar-refractivity contribution is -0.127. The molecule has 0 aromatic carbocycles. The molecule has 19 heavy (non-hydrogen) atoms. The largest absolute Gasteiger partial charge is 0.343 e. The molecule has 0 bridgehead atoms. The highest BCUT2D eigenvalue weighted by molar-refractivity contribution is 5.77. The van der Waals surface area contributed by atoms with Crippen LogP contribution in [0.3, 0.4) is 0 Å². The molecule has 2 rings (SSSR count). The van der Waals surface area contributed by atoms with Crippen molar-refractivity contribution in [3.63, 3.8) is 0 Å². The van der Waals surface area contributed by atoms with E-state index in [0.29, 0.717) is 11.9 Å². The van der Waals surface area contributed by atoms with Gasteiger partial charge in [0.25, 0.3) is 0 Å². The molecular weight excluding hydrogens is 238 g/mol. The number of nitrogens with zero attached hydrogens (tertiary/aromatic N) is 2. The van der Waals surface area contributed by atoms with Crippen LogP contribution in [-0.2, 0) is 4.79 Å². The van der Waals surface area contributed by atoms with Crippen LogP contribution in [0, 0.1) is 5.92 Å². The monoisotopic (exact) mass is 267 g/mol. The first-order valence-electron chi connectivity index (χ1n) is 7.94. The van der Waals surface area contributed by atoms with E-state index >= 15 is 0 Å². The SMILES string of the molecule is CCN1CC[C@H](NCCCN2CCCC2=O)[C@@H](C)C1. The summed E-state index contributed by atoms with van der Waals surface area (Å²) < 4.78 is 0. The highest BCUT2D eigenvalue weighted by Crippen LogP contribution is 2.16. The summed E-state index contributed by atoms with van der Waals surface area (Å²) >= 11 is 0. The summed E-state index contributed by atoms with van der Waals surface area (Å²) in [6.07, 6.45) is 4.17. The third-order valence-electron chi connectivity index (χ3n) is 4.62. The van der Waals surface area contributed by atoms with Crippen molar-refractivity contribution < 1.29 is 4.79 Å². The molecule has 2 saturated heterocycles. The molecule has 4 heteroatoms. The number of hydrogen-bond acceptors (Lipinski definition) is 3. The minimum absolute atomic E-state index is 0.352. The Bertz CT molecular complexity index is 295. The summed E-state index contributed by atoms with van der Waals surface area (Å²) in [7, 11) is 0. The zero-order valence-electron chi connectivity index (χ0n) is 12.5.